The van der Waals surface area contributed by atoms with Gasteiger partial charge in [0.2, 0.25) is 0 Å². The molecule has 0 amide bonds. The van der Waals surface area contributed by atoms with Crippen molar-refractivity contribution in [3.05, 3.63) is 40.2 Å². The van der Waals surface area contributed by atoms with Crippen molar-refractivity contribution < 1.29 is 18.7 Å². The first-order valence-electron chi connectivity index (χ1n) is 5.84. The molecule has 0 N–H and O–H groups in total. The Bertz CT molecular complexity index is 656. The standard InChI is InChI=1S/C14H14O5/c1-9-7-14(16)19-12-8-10(3-4-11(9)12)18-6-5-13(15)17-2/h3-4,7-8H,5-6H2,1-2H3. The van der Waals surface area contributed by atoms with E-state index in [1.54, 1.807) is 12.1 Å². The number of fused-ring (bicyclic) bond motifs is 1. The molecule has 1 aromatic heterocycles. The number of hydrogen-bond donors (Lipinski definition) is 0. The summed E-state index contributed by atoms with van der Waals surface area (Å²) in [5.74, 6) is 0.216. The van der Waals surface area contributed by atoms with Gasteiger partial charge in [-0.2, -0.15) is 0 Å². The molecule has 0 saturated heterocycles. The van der Waals surface area contributed by atoms with Crippen LogP contribution in [0.1, 0.15) is 12.0 Å². The van der Waals surface area contributed by atoms with Crippen LogP contribution in [0.3, 0.4) is 0 Å². The van der Waals surface area contributed by atoms with Crippen molar-refractivity contribution in [3.63, 3.8) is 0 Å². The molecule has 0 aliphatic heterocycles. The third-order valence-corrected chi connectivity index (χ3v) is 2.73. The van der Waals surface area contributed by atoms with Crippen molar-refractivity contribution in [2.75, 3.05) is 13.7 Å². The summed E-state index contributed by atoms with van der Waals surface area (Å²) in [5.41, 5.74) is 0.935. The van der Waals surface area contributed by atoms with Gasteiger partial charge in [-0.3, -0.25) is 4.79 Å². The van der Waals surface area contributed by atoms with E-state index < -0.39 is 5.63 Å². The Morgan fingerprint density at radius 2 is 2.11 bits per heavy atom. The number of aryl methyl sites for hydroxylation is 1. The molecule has 19 heavy (non-hydrogen) atoms. The van der Waals surface area contributed by atoms with E-state index in [4.69, 9.17) is 9.15 Å². The smallest absolute Gasteiger partial charge is 0.336 e. The molecule has 0 unspecified atom stereocenters. The van der Waals surface area contributed by atoms with Gasteiger partial charge >= 0.3 is 11.6 Å². The van der Waals surface area contributed by atoms with Crippen molar-refractivity contribution in [1.82, 2.24) is 0 Å². The summed E-state index contributed by atoms with van der Waals surface area (Å²) in [7, 11) is 1.33. The van der Waals surface area contributed by atoms with E-state index in [1.807, 2.05) is 13.0 Å². The van der Waals surface area contributed by atoms with Crippen LogP contribution in [0.15, 0.2) is 33.5 Å². The van der Waals surface area contributed by atoms with Crippen molar-refractivity contribution in [3.8, 4) is 5.75 Å². The minimum absolute atomic E-state index is 0.173. The normalized spacial score (nSPS) is 10.4. The summed E-state index contributed by atoms with van der Waals surface area (Å²) in [5, 5.41) is 0.861. The van der Waals surface area contributed by atoms with Gasteiger partial charge in [0.25, 0.3) is 0 Å². The zero-order chi connectivity index (χ0) is 13.8. The Kier molecular flexibility index (Phi) is 3.85. The van der Waals surface area contributed by atoms with Gasteiger partial charge in [-0.25, -0.2) is 4.79 Å². The fourth-order valence-electron chi connectivity index (χ4n) is 1.75. The fourth-order valence-corrected chi connectivity index (χ4v) is 1.75. The molecular weight excluding hydrogens is 248 g/mol. The van der Waals surface area contributed by atoms with Crippen molar-refractivity contribution >= 4 is 16.9 Å². The summed E-state index contributed by atoms with van der Waals surface area (Å²) in [4.78, 5) is 22.2. The molecule has 0 spiro atoms. The second-order valence-electron chi connectivity index (χ2n) is 4.08. The number of rotatable bonds is 4. The molecule has 0 atom stereocenters. The molecule has 5 heteroatoms. The summed E-state index contributed by atoms with van der Waals surface area (Å²) < 4.78 is 15.0. The molecule has 1 heterocycles. The lowest BCUT2D eigenvalue weighted by atomic mass is 10.1. The Labute approximate surface area is 109 Å². The average molecular weight is 262 g/mol. The monoisotopic (exact) mass is 262 g/mol. The minimum Gasteiger partial charge on any atom is -0.493 e. The molecule has 1 aromatic carbocycles. The topological polar surface area (TPSA) is 65.7 Å². The van der Waals surface area contributed by atoms with Gasteiger partial charge in [-0.05, 0) is 24.6 Å². The molecule has 0 fully saturated rings. The largest absolute Gasteiger partial charge is 0.493 e. The van der Waals surface area contributed by atoms with Crippen molar-refractivity contribution in [2.45, 2.75) is 13.3 Å². The highest BCUT2D eigenvalue weighted by Gasteiger charge is 2.05. The third-order valence-electron chi connectivity index (χ3n) is 2.73. The van der Waals surface area contributed by atoms with E-state index in [0.29, 0.717) is 11.3 Å². The van der Waals surface area contributed by atoms with Gasteiger partial charge in [0.15, 0.2) is 0 Å². The van der Waals surface area contributed by atoms with Crippen LogP contribution >= 0.6 is 0 Å². The van der Waals surface area contributed by atoms with Crippen LogP contribution in [0.5, 0.6) is 5.75 Å². The maximum atomic E-state index is 11.3. The molecule has 0 aliphatic rings. The molecule has 0 bridgehead atoms. The predicted octanol–water partition coefficient (Wildman–Crippen LogP) is 2.04. The molecule has 0 radical (unpaired) electrons. The number of carbonyl (C=O) groups is 1. The summed E-state index contributed by atoms with van der Waals surface area (Å²) in [6.07, 6.45) is 0.173. The number of hydrogen-bond acceptors (Lipinski definition) is 5. The maximum Gasteiger partial charge on any atom is 0.336 e. The van der Waals surface area contributed by atoms with Crippen LogP contribution in [0.4, 0.5) is 0 Å². The van der Waals surface area contributed by atoms with Crippen LogP contribution < -0.4 is 10.4 Å². The highest BCUT2D eigenvalue weighted by Crippen LogP contribution is 2.22. The number of methoxy groups -OCH3 is 1. The van der Waals surface area contributed by atoms with E-state index >= 15 is 0 Å². The van der Waals surface area contributed by atoms with Crippen LogP contribution in [0.2, 0.25) is 0 Å². The molecule has 0 saturated carbocycles. The third kappa shape index (κ3) is 3.13. The molecule has 5 nitrogen and oxygen atoms in total. The van der Waals surface area contributed by atoms with E-state index in [2.05, 4.69) is 4.74 Å². The van der Waals surface area contributed by atoms with Crippen LogP contribution in [-0.2, 0) is 9.53 Å². The van der Waals surface area contributed by atoms with E-state index in [-0.39, 0.29) is 19.0 Å². The minimum atomic E-state index is -0.392. The summed E-state index contributed by atoms with van der Waals surface area (Å²) in [6.45, 7) is 2.06. The summed E-state index contributed by atoms with van der Waals surface area (Å²) in [6, 6.07) is 6.68. The highest BCUT2D eigenvalue weighted by molar-refractivity contribution is 5.81. The summed E-state index contributed by atoms with van der Waals surface area (Å²) >= 11 is 0. The van der Waals surface area contributed by atoms with Crippen molar-refractivity contribution in [2.24, 2.45) is 0 Å². The second kappa shape index (κ2) is 5.56. The average Bonchev–Trinajstić information content (AvgIpc) is 2.37. The molecule has 100 valence electrons. The first-order valence-corrected chi connectivity index (χ1v) is 5.84. The van der Waals surface area contributed by atoms with Gasteiger partial charge in [-0.1, -0.05) is 0 Å². The lowest BCUT2D eigenvalue weighted by Gasteiger charge is -2.06. The van der Waals surface area contributed by atoms with Gasteiger partial charge < -0.3 is 13.9 Å². The van der Waals surface area contributed by atoms with E-state index in [1.165, 1.54) is 13.2 Å². The number of benzene rings is 1. The zero-order valence-electron chi connectivity index (χ0n) is 10.8. The Balaban J connectivity index is 2.17. The van der Waals surface area contributed by atoms with E-state index in [0.717, 1.165) is 10.9 Å². The van der Waals surface area contributed by atoms with Gasteiger partial charge in [0, 0.05) is 17.5 Å². The second-order valence-corrected chi connectivity index (χ2v) is 4.08. The zero-order valence-corrected chi connectivity index (χ0v) is 10.8. The molecule has 2 aromatic rings. The molecular formula is C14H14O5. The Hall–Kier alpha value is -2.30. The maximum absolute atomic E-state index is 11.3. The Morgan fingerprint density at radius 1 is 1.32 bits per heavy atom. The van der Waals surface area contributed by atoms with Crippen LogP contribution in [-0.4, -0.2) is 19.7 Å². The molecule has 2 rings (SSSR count). The number of carbonyl (C=O) groups excluding carboxylic acids is 1. The number of ether oxygens (including phenoxy) is 2. The van der Waals surface area contributed by atoms with Crippen LogP contribution in [0, 0.1) is 6.92 Å². The van der Waals surface area contributed by atoms with Gasteiger partial charge in [-0.15, -0.1) is 0 Å². The predicted molar refractivity (Wildman–Crippen MR) is 69.3 cm³/mol. The fraction of sp³-hybridized carbons (Fsp3) is 0.286. The van der Waals surface area contributed by atoms with Crippen LogP contribution in [0.25, 0.3) is 11.0 Å². The molecule has 0 aliphatic carbocycles. The number of esters is 1. The van der Waals surface area contributed by atoms with Crippen molar-refractivity contribution in [1.29, 1.82) is 0 Å². The van der Waals surface area contributed by atoms with Gasteiger partial charge in [0.1, 0.15) is 11.3 Å². The SMILES string of the molecule is COC(=O)CCOc1ccc2c(C)cc(=O)oc2c1. The van der Waals surface area contributed by atoms with E-state index in [9.17, 15) is 9.59 Å². The first kappa shape index (κ1) is 13.1. The lowest BCUT2D eigenvalue weighted by molar-refractivity contribution is -0.141. The Morgan fingerprint density at radius 3 is 2.84 bits per heavy atom. The quantitative estimate of drug-likeness (QED) is 0.623. The first-order chi connectivity index (χ1) is 9.10. The van der Waals surface area contributed by atoms with Gasteiger partial charge in [0.05, 0.1) is 20.1 Å². The lowest BCUT2D eigenvalue weighted by Crippen LogP contribution is -2.07. The highest BCUT2D eigenvalue weighted by atomic mass is 16.5.